The van der Waals surface area contributed by atoms with Gasteiger partial charge in [0.25, 0.3) is 0 Å². The lowest BCUT2D eigenvalue weighted by atomic mass is 10.3. The third-order valence-electron chi connectivity index (χ3n) is 1.39. The van der Waals surface area contributed by atoms with Crippen LogP contribution in [0.15, 0.2) is 20.0 Å². The Balaban J connectivity index is 3.30. The van der Waals surface area contributed by atoms with E-state index >= 15 is 0 Å². The molecule has 0 heterocycles. The summed E-state index contributed by atoms with van der Waals surface area (Å²) in [6.45, 7) is 6.99. The first-order chi connectivity index (χ1) is 6.91. The lowest BCUT2D eigenvalue weighted by Crippen LogP contribution is -1.84. The van der Waals surface area contributed by atoms with Gasteiger partial charge in [0.15, 0.2) is 0 Å². The normalized spacial score (nSPS) is 8.43. The van der Waals surface area contributed by atoms with Gasteiger partial charge in [-0.15, -0.1) is 0 Å². The van der Waals surface area contributed by atoms with E-state index in [4.69, 9.17) is 0 Å². The minimum Gasteiger partial charge on any atom is -0.226 e. The third kappa shape index (κ3) is 10.8. The summed E-state index contributed by atoms with van der Waals surface area (Å²) in [4.78, 5) is 15.7. The van der Waals surface area contributed by atoms with Gasteiger partial charge in [0.1, 0.15) is 0 Å². The average Bonchev–Trinajstić information content (AvgIpc) is 2.21. The molecule has 0 N–H and O–H groups in total. The van der Waals surface area contributed by atoms with Crippen LogP contribution < -0.4 is 0 Å². The Morgan fingerprint density at radius 1 is 0.714 bits per heavy atom. The molecule has 0 aromatic heterocycles. The van der Waals surface area contributed by atoms with Crippen LogP contribution in [-0.4, -0.2) is 38.2 Å². The number of aliphatic imine (C=N–C) groups is 4. The summed E-state index contributed by atoms with van der Waals surface area (Å²) in [5, 5.41) is 0. The second kappa shape index (κ2) is 11.8. The zero-order chi connectivity index (χ0) is 10.5. The van der Waals surface area contributed by atoms with Crippen molar-refractivity contribution in [2.45, 2.75) is 26.7 Å². The van der Waals surface area contributed by atoms with Crippen molar-refractivity contribution >= 4 is 12.0 Å². The molecule has 0 aromatic rings. The molecule has 0 aliphatic heterocycles. The van der Waals surface area contributed by atoms with Crippen LogP contribution in [0, 0.1) is 0 Å². The summed E-state index contributed by atoms with van der Waals surface area (Å²) in [5.74, 6) is 0. The Labute approximate surface area is 85.6 Å². The number of hydrogen-bond acceptors (Lipinski definition) is 4. The molecule has 0 bridgehead atoms. The van der Waals surface area contributed by atoms with E-state index in [0.717, 1.165) is 39.0 Å². The summed E-state index contributed by atoms with van der Waals surface area (Å²) in [5.41, 5.74) is 0. The first-order valence-corrected chi connectivity index (χ1v) is 5.07. The van der Waals surface area contributed by atoms with Crippen LogP contribution in [0.1, 0.15) is 26.7 Å². The van der Waals surface area contributed by atoms with Crippen LogP contribution in [0.4, 0.5) is 0 Å². The van der Waals surface area contributed by atoms with E-state index < -0.39 is 0 Å². The molecule has 0 rings (SSSR count). The van der Waals surface area contributed by atoms with Crippen molar-refractivity contribution < 1.29 is 0 Å². The largest absolute Gasteiger partial charge is 0.226 e. The van der Waals surface area contributed by atoms with Crippen molar-refractivity contribution in [2.24, 2.45) is 20.0 Å². The number of hydrogen-bond donors (Lipinski definition) is 0. The molecule has 0 saturated carbocycles. The van der Waals surface area contributed by atoms with Crippen LogP contribution in [0.5, 0.6) is 0 Å². The fraction of sp³-hybridized carbons (Fsp3) is 0.800. The second-order valence-electron chi connectivity index (χ2n) is 2.62. The minimum absolute atomic E-state index is 0.751. The minimum atomic E-state index is 0.751. The molecule has 0 aromatic carbocycles. The summed E-state index contributed by atoms with van der Waals surface area (Å²) >= 11 is 0. The molecule has 0 saturated heterocycles. The summed E-state index contributed by atoms with van der Waals surface area (Å²) in [6.07, 6.45) is 2.03. The average molecular weight is 194 g/mol. The molecule has 0 unspecified atom stereocenters. The van der Waals surface area contributed by atoms with Crippen molar-refractivity contribution in [1.29, 1.82) is 0 Å². The lowest BCUT2D eigenvalue weighted by Gasteiger charge is -1.88. The molecular formula is C10H18N4. The Bertz CT molecular complexity index is 207. The van der Waals surface area contributed by atoms with Crippen LogP contribution >= 0.6 is 0 Å². The van der Waals surface area contributed by atoms with Crippen molar-refractivity contribution in [3.05, 3.63) is 0 Å². The monoisotopic (exact) mass is 194 g/mol. The predicted octanol–water partition coefficient (Wildman–Crippen LogP) is 2.15. The highest BCUT2D eigenvalue weighted by Crippen LogP contribution is 1.88. The summed E-state index contributed by atoms with van der Waals surface area (Å²) in [7, 11) is 0. The third-order valence-corrected chi connectivity index (χ3v) is 1.39. The highest BCUT2D eigenvalue weighted by atomic mass is 14.8. The smallest absolute Gasteiger partial charge is 0.0892 e. The standard InChI is InChI=1S/C10H18N4/c1-3-11-9-13-7-5-6-8-14-10-12-4-2/h3-8H2,1-2H3. The van der Waals surface area contributed by atoms with Gasteiger partial charge in [0, 0.05) is 26.2 Å². The van der Waals surface area contributed by atoms with Gasteiger partial charge in [-0.25, -0.2) is 20.0 Å². The van der Waals surface area contributed by atoms with Crippen molar-refractivity contribution in [3.63, 3.8) is 0 Å². The molecule has 0 aliphatic carbocycles. The van der Waals surface area contributed by atoms with Crippen LogP contribution in [-0.2, 0) is 0 Å². The molecule has 14 heavy (non-hydrogen) atoms. The van der Waals surface area contributed by atoms with E-state index in [9.17, 15) is 0 Å². The van der Waals surface area contributed by atoms with Gasteiger partial charge in [-0.05, 0) is 26.7 Å². The van der Waals surface area contributed by atoms with E-state index in [1.54, 1.807) is 0 Å². The maximum Gasteiger partial charge on any atom is 0.0892 e. The van der Waals surface area contributed by atoms with Crippen molar-refractivity contribution in [2.75, 3.05) is 26.2 Å². The zero-order valence-corrected chi connectivity index (χ0v) is 9.03. The van der Waals surface area contributed by atoms with Gasteiger partial charge in [-0.1, -0.05) is 0 Å². The first kappa shape index (κ1) is 12.8. The molecule has 0 atom stereocenters. The van der Waals surface area contributed by atoms with Gasteiger partial charge in [0.05, 0.1) is 12.0 Å². The number of unbranched alkanes of at least 4 members (excludes halogenated alkanes) is 1. The molecule has 78 valence electrons. The van der Waals surface area contributed by atoms with E-state index in [-0.39, 0.29) is 0 Å². The molecule has 0 radical (unpaired) electrons. The fourth-order valence-corrected chi connectivity index (χ4v) is 0.723. The van der Waals surface area contributed by atoms with Gasteiger partial charge < -0.3 is 0 Å². The first-order valence-electron chi connectivity index (χ1n) is 5.07. The van der Waals surface area contributed by atoms with E-state index in [1.807, 2.05) is 13.8 Å². The van der Waals surface area contributed by atoms with Crippen molar-refractivity contribution in [1.82, 2.24) is 0 Å². The topological polar surface area (TPSA) is 49.4 Å². The van der Waals surface area contributed by atoms with Gasteiger partial charge in [-0.3, -0.25) is 0 Å². The SMILES string of the molecule is CCN=C=NCCCCN=C=NCC. The second-order valence-corrected chi connectivity index (χ2v) is 2.62. The molecule has 0 amide bonds. The van der Waals surface area contributed by atoms with E-state index in [2.05, 4.69) is 32.0 Å². The lowest BCUT2D eigenvalue weighted by molar-refractivity contribution is 0.759. The van der Waals surface area contributed by atoms with E-state index in [1.165, 1.54) is 0 Å². The molecule has 4 heteroatoms. The number of nitrogens with zero attached hydrogens (tertiary/aromatic N) is 4. The van der Waals surface area contributed by atoms with Gasteiger partial charge in [-0.2, -0.15) is 0 Å². The van der Waals surface area contributed by atoms with Gasteiger partial charge in [0.2, 0.25) is 0 Å². The Morgan fingerprint density at radius 3 is 1.50 bits per heavy atom. The maximum atomic E-state index is 3.99. The molecule has 4 nitrogen and oxygen atoms in total. The van der Waals surface area contributed by atoms with Crippen molar-refractivity contribution in [3.8, 4) is 0 Å². The van der Waals surface area contributed by atoms with Gasteiger partial charge >= 0.3 is 0 Å². The van der Waals surface area contributed by atoms with Crippen LogP contribution in [0.25, 0.3) is 0 Å². The van der Waals surface area contributed by atoms with Crippen LogP contribution in [0.3, 0.4) is 0 Å². The Morgan fingerprint density at radius 2 is 1.14 bits per heavy atom. The summed E-state index contributed by atoms with van der Waals surface area (Å²) < 4.78 is 0. The predicted molar refractivity (Wildman–Crippen MR) is 59.8 cm³/mol. The quantitative estimate of drug-likeness (QED) is 0.440. The zero-order valence-electron chi connectivity index (χ0n) is 9.03. The fourth-order valence-electron chi connectivity index (χ4n) is 0.723. The van der Waals surface area contributed by atoms with E-state index in [0.29, 0.717) is 0 Å². The molecular weight excluding hydrogens is 176 g/mol. The summed E-state index contributed by atoms with van der Waals surface area (Å²) in [6, 6.07) is 5.26. The molecule has 0 aliphatic rings. The highest BCUT2D eigenvalue weighted by molar-refractivity contribution is 5.41. The Kier molecular flexibility index (Phi) is 10.7. The highest BCUT2D eigenvalue weighted by Gasteiger charge is 1.83. The maximum absolute atomic E-state index is 3.99. The molecule has 0 fully saturated rings. The number of rotatable bonds is 7. The van der Waals surface area contributed by atoms with Crippen LogP contribution in [0.2, 0.25) is 0 Å². The Hall–Kier alpha value is -1.24. The molecule has 0 spiro atoms.